The highest BCUT2D eigenvalue weighted by Gasteiger charge is 2.06. The van der Waals surface area contributed by atoms with Gasteiger partial charge in [-0.2, -0.15) is 9.61 Å². The van der Waals surface area contributed by atoms with Crippen molar-refractivity contribution >= 4 is 23.1 Å². The smallest absolute Gasteiger partial charge is 0.157 e. The summed E-state index contributed by atoms with van der Waals surface area (Å²) in [7, 11) is 0. The second-order valence-corrected chi connectivity index (χ2v) is 3.96. The topological polar surface area (TPSA) is 42.2 Å². The fourth-order valence-corrected chi connectivity index (χ4v) is 1.53. The fraction of sp³-hybridized carbons (Fsp3) is 0.400. The van der Waals surface area contributed by atoms with Crippen LogP contribution in [0.15, 0.2) is 18.5 Å². The molecule has 0 spiro atoms. The molecule has 0 aliphatic carbocycles. The molecule has 0 bridgehead atoms. The number of rotatable bonds is 3. The number of anilines is 1. The molecule has 0 saturated heterocycles. The number of aryl methyl sites for hydroxylation is 1. The molecule has 0 saturated carbocycles. The zero-order valence-corrected chi connectivity index (χ0v) is 9.49. The normalized spacial score (nSPS) is 13.0. The van der Waals surface area contributed by atoms with Crippen molar-refractivity contribution in [1.29, 1.82) is 0 Å². The zero-order chi connectivity index (χ0) is 10.8. The third kappa shape index (κ3) is 2.04. The van der Waals surface area contributed by atoms with Gasteiger partial charge in [-0.1, -0.05) is 0 Å². The lowest BCUT2D eigenvalue weighted by atomic mass is 10.3. The van der Waals surface area contributed by atoms with Gasteiger partial charge in [0.15, 0.2) is 5.65 Å². The van der Waals surface area contributed by atoms with Gasteiger partial charge in [0, 0.05) is 11.9 Å². The molecule has 2 rings (SSSR count). The second-order valence-electron chi connectivity index (χ2n) is 3.65. The van der Waals surface area contributed by atoms with Crippen LogP contribution in [0.3, 0.4) is 0 Å². The maximum atomic E-state index is 5.76. The molecule has 1 unspecified atom stereocenters. The van der Waals surface area contributed by atoms with Gasteiger partial charge in [0.1, 0.15) is 12.1 Å². The predicted octanol–water partition coefficient (Wildman–Crippen LogP) is 2.08. The number of hydrogen-bond donors (Lipinski definition) is 1. The summed E-state index contributed by atoms with van der Waals surface area (Å²) in [4.78, 5) is 4.15. The van der Waals surface area contributed by atoms with Crippen LogP contribution in [0.5, 0.6) is 0 Å². The van der Waals surface area contributed by atoms with E-state index < -0.39 is 0 Å². The molecule has 0 aliphatic rings. The molecule has 80 valence electrons. The lowest BCUT2D eigenvalue weighted by Crippen LogP contribution is -2.18. The van der Waals surface area contributed by atoms with Gasteiger partial charge in [-0.15, -0.1) is 11.6 Å². The molecular weight excluding hydrogens is 212 g/mol. The number of aromatic nitrogens is 3. The van der Waals surface area contributed by atoms with Crippen molar-refractivity contribution in [2.75, 3.05) is 11.2 Å². The number of hydrogen-bond acceptors (Lipinski definition) is 3. The number of fused-ring (bicyclic) bond motifs is 1. The average molecular weight is 225 g/mol. The number of nitrogens with one attached hydrogen (secondary N) is 1. The van der Waals surface area contributed by atoms with Gasteiger partial charge in [0.2, 0.25) is 0 Å². The Bertz CT molecular complexity index is 465. The van der Waals surface area contributed by atoms with Crippen molar-refractivity contribution in [2.45, 2.75) is 19.9 Å². The van der Waals surface area contributed by atoms with E-state index in [1.165, 1.54) is 0 Å². The van der Waals surface area contributed by atoms with Gasteiger partial charge >= 0.3 is 0 Å². The largest absolute Gasteiger partial charge is 0.366 e. The van der Waals surface area contributed by atoms with E-state index in [0.29, 0.717) is 5.88 Å². The number of alkyl halides is 1. The van der Waals surface area contributed by atoms with Crippen molar-refractivity contribution in [2.24, 2.45) is 0 Å². The summed E-state index contributed by atoms with van der Waals surface area (Å²) < 4.78 is 1.77. The summed E-state index contributed by atoms with van der Waals surface area (Å²) in [5.41, 5.74) is 2.00. The summed E-state index contributed by atoms with van der Waals surface area (Å²) in [6, 6.07) is 4.23. The molecule has 2 aromatic heterocycles. The van der Waals surface area contributed by atoms with E-state index in [1.807, 2.05) is 26.0 Å². The van der Waals surface area contributed by atoms with E-state index in [0.717, 1.165) is 17.0 Å². The molecule has 0 radical (unpaired) electrons. The number of nitrogens with zero attached hydrogens (tertiary/aromatic N) is 3. The molecule has 5 heteroatoms. The van der Waals surface area contributed by atoms with Gasteiger partial charge in [0.25, 0.3) is 0 Å². The molecule has 1 N–H and O–H groups in total. The average Bonchev–Trinajstić information content (AvgIpc) is 2.65. The van der Waals surface area contributed by atoms with Crippen molar-refractivity contribution in [3.63, 3.8) is 0 Å². The molecular formula is C10H13ClN4. The Hall–Kier alpha value is -1.29. The van der Waals surface area contributed by atoms with E-state index in [4.69, 9.17) is 11.6 Å². The maximum absolute atomic E-state index is 5.76. The van der Waals surface area contributed by atoms with Gasteiger partial charge in [-0.3, -0.25) is 0 Å². The van der Waals surface area contributed by atoms with Crippen LogP contribution in [0.4, 0.5) is 5.82 Å². The Kier molecular flexibility index (Phi) is 2.77. The first-order chi connectivity index (χ1) is 7.20. The van der Waals surface area contributed by atoms with Crippen LogP contribution in [-0.4, -0.2) is 26.5 Å². The SMILES string of the molecule is Cc1cc(NC(C)CCl)n2ncnc2c1. The van der Waals surface area contributed by atoms with Crippen LogP contribution in [0.25, 0.3) is 5.65 Å². The molecule has 2 aromatic rings. The molecule has 0 amide bonds. The van der Waals surface area contributed by atoms with Crippen molar-refractivity contribution < 1.29 is 0 Å². The minimum Gasteiger partial charge on any atom is -0.366 e. The van der Waals surface area contributed by atoms with E-state index >= 15 is 0 Å². The van der Waals surface area contributed by atoms with Gasteiger partial charge in [-0.25, -0.2) is 4.98 Å². The summed E-state index contributed by atoms with van der Waals surface area (Å²) >= 11 is 5.76. The Balaban J connectivity index is 2.44. The first-order valence-electron chi connectivity index (χ1n) is 4.83. The van der Waals surface area contributed by atoms with Crippen molar-refractivity contribution in [1.82, 2.24) is 14.6 Å². The first-order valence-corrected chi connectivity index (χ1v) is 5.37. The van der Waals surface area contributed by atoms with Crippen LogP contribution in [0.2, 0.25) is 0 Å². The minimum absolute atomic E-state index is 0.209. The maximum Gasteiger partial charge on any atom is 0.157 e. The standard InChI is InChI=1S/C10H13ClN4/c1-7-3-9-12-6-13-15(9)10(4-7)14-8(2)5-11/h3-4,6,8,14H,5H2,1-2H3. The van der Waals surface area contributed by atoms with Crippen molar-refractivity contribution in [3.05, 3.63) is 24.0 Å². The highest BCUT2D eigenvalue weighted by Crippen LogP contribution is 2.14. The second kappa shape index (κ2) is 4.06. The minimum atomic E-state index is 0.209. The third-order valence-corrected chi connectivity index (χ3v) is 2.61. The van der Waals surface area contributed by atoms with Crippen LogP contribution < -0.4 is 5.32 Å². The number of halogens is 1. The molecule has 0 aromatic carbocycles. The van der Waals surface area contributed by atoms with Gasteiger partial charge in [0.05, 0.1) is 0 Å². The number of pyridine rings is 1. The Morgan fingerprint density at radius 3 is 3.07 bits per heavy atom. The molecule has 4 nitrogen and oxygen atoms in total. The van der Waals surface area contributed by atoms with Gasteiger partial charge in [-0.05, 0) is 31.5 Å². The molecule has 1 atom stereocenters. The Morgan fingerprint density at radius 1 is 1.53 bits per heavy atom. The zero-order valence-electron chi connectivity index (χ0n) is 8.74. The summed E-state index contributed by atoms with van der Waals surface area (Å²) in [5, 5.41) is 7.44. The van der Waals surface area contributed by atoms with Crippen LogP contribution in [0.1, 0.15) is 12.5 Å². The van der Waals surface area contributed by atoms with Crippen LogP contribution in [-0.2, 0) is 0 Å². The molecule has 2 heterocycles. The quantitative estimate of drug-likeness (QED) is 0.812. The lowest BCUT2D eigenvalue weighted by Gasteiger charge is -2.13. The molecule has 15 heavy (non-hydrogen) atoms. The summed E-state index contributed by atoms with van der Waals surface area (Å²) in [6.07, 6.45) is 1.55. The fourth-order valence-electron chi connectivity index (χ4n) is 1.45. The van der Waals surface area contributed by atoms with E-state index in [9.17, 15) is 0 Å². The van der Waals surface area contributed by atoms with Crippen LogP contribution >= 0.6 is 11.6 Å². The highest BCUT2D eigenvalue weighted by atomic mass is 35.5. The van der Waals surface area contributed by atoms with E-state index in [2.05, 4.69) is 15.4 Å². The van der Waals surface area contributed by atoms with E-state index in [1.54, 1.807) is 10.8 Å². The van der Waals surface area contributed by atoms with Crippen molar-refractivity contribution in [3.8, 4) is 0 Å². The van der Waals surface area contributed by atoms with E-state index in [-0.39, 0.29) is 6.04 Å². The van der Waals surface area contributed by atoms with Crippen LogP contribution in [0, 0.1) is 6.92 Å². The lowest BCUT2D eigenvalue weighted by molar-refractivity contribution is 0.862. The summed E-state index contributed by atoms with van der Waals surface area (Å²) in [6.45, 7) is 4.06. The monoisotopic (exact) mass is 224 g/mol. The first kappa shape index (κ1) is 10.2. The molecule has 0 fully saturated rings. The molecule has 0 aliphatic heterocycles. The summed E-state index contributed by atoms with van der Waals surface area (Å²) in [5.74, 6) is 1.49. The Morgan fingerprint density at radius 2 is 2.33 bits per heavy atom. The van der Waals surface area contributed by atoms with Gasteiger partial charge < -0.3 is 5.32 Å². The third-order valence-electron chi connectivity index (χ3n) is 2.15. The highest BCUT2D eigenvalue weighted by molar-refractivity contribution is 6.18. The Labute approximate surface area is 93.3 Å². The predicted molar refractivity (Wildman–Crippen MR) is 61.5 cm³/mol.